The molecule has 1 aliphatic heterocycles. The summed E-state index contributed by atoms with van der Waals surface area (Å²) in [5, 5.41) is 11.2. The lowest BCUT2D eigenvalue weighted by molar-refractivity contribution is -0.166. The molecule has 33 heavy (non-hydrogen) atoms. The molecule has 0 bridgehead atoms. The summed E-state index contributed by atoms with van der Waals surface area (Å²) >= 11 is 0. The Hall–Kier alpha value is -2.77. The van der Waals surface area contributed by atoms with Crippen molar-refractivity contribution in [2.75, 3.05) is 5.73 Å². The average Bonchev–Trinajstić information content (AvgIpc) is 3.21. The summed E-state index contributed by atoms with van der Waals surface area (Å²) in [6, 6.07) is 0. The van der Waals surface area contributed by atoms with Crippen molar-refractivity contribution >= 4 is 37.0 Å². The van der Waals surface area contributed by atoms with E-state index in [0.29, 0.717) is 0 Å². The van der Waals surface area contributed by atoms with Crippen LogP contribution in [0.3, 0.4) is 0 Å². The molecule has 1 fully saturated rings. The maximum absolute atomic E-state index is 12.0. The van der Waals surface area contributed by atoms with Crippen molar-refractivity contribution < 1.29 is 28.9 Å². The Labute approximate surface area is 191 Å². The molecule has 13 heteroatoms. The number of H-pyrrole nitrogens is 1. The van der Waals surface area contributed by atoms with Crippen LogP contribution >= 0.6 is 0 Å². The highest BCUT2D eigenvalue weighted by molar-refractivity contribution is 6.81. The third-order valence-electron chi connectivity index (χ3n) is 6.56. The van der Waals surface area contributed by atoms with Gasteiger partial charge >= 0.3 is 17.6 Å². The average molecular weight is 482 g/mol. The molecule has 0 aliphatic carbocycles. The van der Waals surface area contributed by atoms with Gasteiger partial charge in [0.15, 0.2) is 24.1 Å². The minimum absolute atomic E-state index is 0.0141. The van der Waals surface area contributed by atoms with E-state index in [0.717, 1.165) is 0 Å². The number of carbonyl (C=O) groups excluding carboxylic acids is 2. The van der Waals surface area contributed by atoms with Crippen LogP contribution in [0.1, 0.15) is 40.8 Å². The number of aromatic nitrogens is 4. The molecule has 12 nitrogen and oxygen atoms in total. The summed E-state index contributed by atoms with van der Waals surface area (Å²) in [6.07, 6.45) is -2.97. The number of imidazole rings is 1. The van der Waals surface area contributed by atoms with Crippen LogP contribution in [0.5, 0.6) is 0 Å². The molecule has 0 amide bonds. The van der Waals surface area contributed by atoms with E-state index in [9.17, 15) is 19.5 Å². The summed E-state index contributed by atoms with van der Waals surface area (Å²) in [5.74, 6) is -1.24. The number of nitrogens with one attached hydrogen (secondary N) is 1. The first-order chi connectivity index (χ1) is 15.1. The molecule has 0 saturated carbocycles. The lowest BCUT2D eigenvalue weighted by Crippen LogP contribution is -2.58. The molecule has 182 valence electrons. The Kier molecular flexibility index (Phi) is 6.43. The Balaban J connectivity index is 2.15. The van der Waals surface area contributed by atoms with E-state index in [-0.39, 0.29) is 22.0 Å². The maximum Gasteiger partial charge on any atom is 0.348 e. The molecule has 2 aromatic heterocycles. The van der Waals surface area contributed by atoms with Crippen molar-refractivity contribution in [3.63, 3.8) is 0 Å². The second-order valence-electron chi connectivity index (χ2n) is 9.84. The third-order valence-corrected chi connectivity index (χ3v) is 12.2. The second kappa shape index (κ2) is 8.54. The molecular weight excluding hydrogens is 450 g/mol. The molecule has 0 spiro atoms. The molecule has 1 aliphatic rings. The number of aliphatic hydroxyl groups excluding tert-OH is 1. The number of nitrogens with two attached hydrogens (primary N) is 1. The number of ether oxygens (including phenoxy) is 3. The lowest BCUT2D eigenvalue weighted by atomic mass is 10.1. The van der Waals surface area contributed by atoms with Crippen molar-refractivity contribution in [2.24, 2.45) is 0 Å². The van der Waals surface area contributed by atoms with Crippen LogP contribution in [0.25, 0.3) is 11.2 Å². The zero-order chi connectivity index (χ0) is 24.9. The maximum atomic E-state index is 12.0. The van der Waals surface area contributed by atoms with Gasteiger partial charge in [-0.3, -0.25) is 19.1 Å². The molecule has 4 N–H and O–H groups in total. The van der Waals surface area contributed by atoms with Gasteiger partial charge in [-0.2, -0.15) is 4.98 Å². The van der Waals surface area contributed by atoms with Crippen LogP contribution in [0.4, 0.5) is 5.82 Å². The predicted octanol–water partition coefficient (Wildman–Crippen LogP) is 0.871. The molecule has 3 heterocycles. The minimum atomic E-state index is -2.44. The van der Waals surface area contributed by atoms with E-state index in [1.807, 2.05) is 33.9 Å². The second-order valence-corrected chi connectivity index (χ2v) is 15.4. The van der Waals surface area contributed by atoms with Crippen LogP contribution < -0.4 is 11.4 Å². The zero-order valence-corrected chi connectivity index (χ0v) is 20.8. The number of hydrogen-bond donors (Lipinski definition) is 3. The van der Waals surface area contributed by atoms with Gasteiger partial charge in [0.25, 0.3) is 0 Å². The Morgan fingerprint density at radius 1 is 1.24 bits per heavy atom. The fourth-order valence-corrected chi connectivity index (χ4v) is 5.76. The van der Waals surface area contributed by atoms with Crippen molar-refractivity contribution in [1.82, 2.24) is 19.5 Å². The first kappa shape index (κ1) is 24.9. The van der Waals surface area contributed by atoms with E-state index in [2.05, 4.69) is 15.0 Å². The first-order valence-electron chi connectivity index (χ1n) is 10.6. The van der Waals surface area contributed by atoms with Gasteiger partial charge in [-0.25, -0.2) is 9.78 Å². The third kappa shape index (κ3) is 4.52. The molecule has 2 aromatic rings. The highest BCUT2D eigenvalue weighted by Crippen LogP contribution is 2.44. The van der Waals surface area contributed by atoms with Crippen molar-refractivity contribution in [3.05, 3.63) is 16.8 Å². The summed E-state index contributed by atoms with van der Waals surface area (Å²) in [6.45, 7) is 12.5. The highest BCUT2D eigenvalue weighted by Gasteiger charge is 2.57. The number of rotatable bonds is 5. The number of esters is 2. The summed E-state index contributed by atoms with van der Waals surface area (Å²) < 4.78 is 18.7. The first-order valence-corrected chi connectivity index (χ1v) is 13.6. The lowest BCUT2D eigenvalue weighted by Gasteiger charge is -2.43. The van der Waals surface area contributed by atoms with Gasteiger partial charge in [0.05, 0.1) is 20.1 Å². The molecule has 0 radical (unpaired) electrons. The van der Waals surface area contributed by atoms with Crippen LogP contribution in [0.15, 0.2) is 11.1 Å². The van der Waals surface area contributed by atoms with E-state index in [1.165, 1.54) is 24.7 Å². The number of nitrogen functional groups attached to an aromatic ring is 1. The SMILES string of the molecule is CC(=O)O[C@@H]1[C@H](OC(C)=O)[C@@H](C(O)[Si](C)(C)C(C)(C)C)O[C@H]1n1cnc2c(N)[nH]c(=O)nc21. The number of hydrogen-bond acceptors (Lipinski definition) is 10. The quantitative estimate of drug-likeness (QED) is 0.411. The number of carbonyl (C=O) groups is 2. The molecular formula is C20H31N5O7Si. The highest BCUT2D eigenvalue weighted by atomic mass is 28.3. The predicted molar refractivity (Wildman–Crippen MR) is 121 cm³/mol. The van der Waals surface area contributed by atoms with Crippen LogP contribution in [-0.4, -0.2) is 68.7 Å². The number of fused-ring (bicyclic) bond motifs is 1. The molecule has 3 rings (SSSR count). The number of anilines is 1. The summed E-state index contributed by atoms with van der Waals surface area (Å²) in [4.78, 5) is 46.3. The molecule has 1 saturated heterocycles. The van der Waals surface area contributed by atoms with Crippen molar-refractivity contribution in [1.29, 1.82) is 0 Å². The Morgan fingerprint density at radius 3 is 2.36 bits per heavy atom. The fraction of sp³-hybridized carbons (Fsp3) is 0.650. The van der Waals surface area contributed by atoms with Gasteiger partial charge < -0.3 is 25.1 Å². The molecule has 0 aromatic carbocycles. The monoisotopic (exact) mass is 481 g/mol. The largest absolute Gasteiger partial charge is 0.456 e. The number of aromatic amines is 1. The van der Waals surface area contributed by atoms with Crippen LogP contribution in [-0.2, 0) is 23.8 Å². The smallest absolute Gasteiger partial charge is 0.348 e. The van der Waals surface area contributed by atoms with Crippen LogP contribution in [0.2, 0.25) is 18.1 Å². The van der Waals surface area contributed by atoms with E-state index >= 15 is 0 Å². The van der Waals surface area contributed by atoms with Gasteiger partial charge in [0.1, 0.15) is 17.4 Å². The number of nitrogens with zero attached hydrogens (tertiary/aromatic N) is 3. The normalized spacial score (nSPS) is 24.6. The van der Waals surface area contributed by atoms with E-state index in [4.69, 9.17) is 19.9 Å². The van der Waals surface area contributed by atoms with E-state index in [1.54, 1.807) is 0 Å². The van der Waals surface area contributed by atoms with Gasteiger partial charge in [-0.1, -0.05) is 33.9 Å². The molecule has 1 unspecified atom stereocenters. The summed E-state index contributed by atoms with van der Waals surface area (Å²) in [5.41, 5.74) is 4.49. The standard InChI is InChI=1S/C20H31N5O7Si/c1-9(26)30-12-13(31-10(2)27)17(32-14(12)18(28)33(6,7)20(3,4)5)25-8-22-11-15(21)23-19(29)24-16(11)25/h8,12-14,17-18,28H,1-7H3,(H3,21,23,24,29)/t12-,13+,14-,17+,18?/m0/s1. The number of aliphatic hydroxyl groups is 1. The fourth-order valence-electron chi connectivity index (χ4n) is 3.78. The van der Waals surface area contributed by atoms with Crippen molar-refractivity contribution in [2.45, 2.75) is 83.0 Å². The zero-order valence-electron chi connectivity index (χ0n) is 19.8. The Bertz CT molecular complexity index is 1120. The Morgan fingerprint density at radius 2 is 1.82 bits per heavy atom. The minimum Gasteiger partial charge on any atom is -0.456 e. The van der Waals surface area contributed by atoms with Gasteiger partial charge in [0, 0.05) is 13.8 Å². The summed E-state index contributed by atoms with van der Waals surface area (Å²) in [7, 11) is -2.44. The van der Waals surface area contributed by atoms with Gasteiger partial charge in [-0.15, -0.1) is 0 Å². The topological polar surface area (TPSA) is 172 Å². The van der Waals surface area contributed by atoms with Crippen LogP contribution in [0, 0.1) is 0 Å². The van der Waals surface area contributed by atoms with Gasteiger partial charge in [0.2, 0.25) is 0 Å². The van der Waals surface area contributed by atoms with Gasteiger partial charge in [-0.05, 0) is 5.04 Å². The molecule has 5 atom stereocenters. The van der Waals surface area contributed by atoms with Crippen molar-refractivity contribution in [3.8, 4) is 0 Å². The van der Waals surface area contributed by atoms with E-state index < -0.39 is 56.0 Å².